The zero-order valence-electron chi connectivity index (χ0n) is 9.44. The van der Waals surface area contributed by atoms with Crippen LogP contribution in [0.15, 0.2) is 24.3 Å². The van der Waals surface area contributed by atoms with Crippen molar-refractivity contribution in [1.82, 2.24) is 4.98 Å². The SMILES string of the molecule is CC(=O)Oc1[nH]c2ccccc2c1OC(C)=O. The number of rotatable bonds is 2. The second kappa shape index (κ2) is 4.29. The van der Waals surface area contributed by atoms with Crippen LogP contribution in [0.4, 0.5) is 0 Å². The van der Waals surface area contributed by atoms with Gasteiger partial charge >= 0.3 is 11.9 Å². The van der Waals surface area contributed by atoms with E-state index in [2.05, 4.69) is 4.98 Å². The zero-order valence-corrected chi connectivity index (χ0v) is 9.44. The van der Waals surface area contributed by atoms with Crippen LogP contribution in [0.5, 0.6) is 11.6 Å². The van der Waals surface area contributed by atoms with Gasteiger partial charge in [0.1, 0.15) is 0 Å². The van der Waals surface area contributed by atoms with Gasteiger partial charge in [-0.2, -0.15) is 0 Å². The molecule has 0 aliphatic rings. The van der Waals surface area contributed by atoms with Gasteiger partial charge < -0.3 is 14.5 Å². The molecule has 0 spiro atoms. The molecule has 0 atom stereocenters. The fraction of sp³-hybridized carbons (Fsp3) is 0.167. The Balaban J connectivity index is 2.56. The van der Waals surface area contributed by atoms with E-state index < -0.39 is 11.9 Å². The minimum Gasteiger partial charge on any atom is -0.420 e. The highest BCUT2D eigenvalue weighted by Gasteiger charge is 2.17. The molecule has 0 saturated carbocycles. The Hall–Kier alpha value is -2.30. The van der Waals surface area contributed by atoms with Crippen molar-refractivity contribution in [2.24, 2.45) is 0 Å². The molecule has 2 aromatic rings. The molecule has 1 aromatic heterocycles. The first-order valence-electron chi connectivity index (χ1n) is 5.05. The van der Waals surface area contributed by atoms with E-state index >= 15 is 0 Å². The molecule has 5 nitrogen and oxygen atoms in total. The number of para-hydroxylation sites is 1. The fourth-order valence-electron chi connectivity index (χ4n) is 1.55. The fourth-order valence-corrected chi connectivity index (χ4v) is 1.55. The molecule has 0 unspecified atom stereocenters. The average molecular weight is 233 g/mol. The van der Waals surface area contributed by atoms with E-state index in [-0.39, 0.29) is 11.6 Å². The van der Waals surface area contributed by atoms with Crippen molar-refractivity contribution in [2.75, 3.05) is 0 Å². The maximum Gasteiger partial charge on any atom is 0.309 e. The number of nitrogens with one attached hydrogen (secondary N) is 1. The summed E-state index contributed by atoms with van der Waals surface area (Å²) >= 11 is 0. The number of aromatic nitrogens is 1. The van der Waals surface area contributed by atoms with Gasteiger partial charge in [0, 0.05) is 19.2 Å². The summed E-state index contributed by atoms with van der Waals surface area (Å²) in [7, 11) is 0. The number of hydrogen-bond donors (Lipinski definition) is 1. The number of ether oxygens (including phenoxy) is 2. The lowest BCUT2D eigenvalue weighted by Gasteiger charge is -2.02. The second-order valence-electron chi connectivity index (χ2n) is 3.52. The van der Waals surface area contributed by atoms with Crippen molar-refractivity contribution in [1.29, 1.82) is 0 Å². The van der Waals surface area contributed by atoms with Crippen LogP contribution in [-0.2, 0) is 9.59 Å². The van der Waals surface area contributed by atoms with E-state index in [0.29, 0.717) is 5.39 Å². The topological polar surface area (TPSA) is 68.4 Å². The van der Waals surface area contributed by atoms with Gasteiger partial charge in [0.05, 0.1) is 5.52 Å². The largest absolute Gasteiger partial charge is 0.420 e. The molecule has 17 heavy (non-hydrogen) atoms. The Bertz CT molecular complexity index is 585. The monoisotopic (exact) mass is 233 g/mol. The van der Waals surface area contributed by atoms with Crippen LogP contribution >= 0.6 is 0 Å². The first-order chi connectivity index (χ1) is 8.08. The number of hydrogen-bond acceptors (Lipinski definition) is 4. The van der Waals surface area contributed by atoms with Crippen molar-refractivity contribution < 1.29 is 19.1 Å². The van der Waals surface area contributed by atoms with Crippen molar-refractivity contribution in [3.8, 4) is 11.6 Å². The summed E-state index contributed by atoms with van der Waals surface area (Å²) in [6, 6.07) is 7.21. The number of benzene rings is 1. The number of carbonyl (C=O) groups excluding carboxylic acids is 2. The van der Waals surface area contributed by atoms with Gasteiger partial charge in [0.25, 0.3) is 0 Å². The van der Waals surface area contributed by atoms with Crippen LogP contribution in [0.2, 0.25) is 0 Å². The molecule has 2 rings (SSSR count). The van der Waals surface area contributed by atoms with E-state index in [4.69, 9.17) is 9.47 Å². The van der Waals surface area contributed by atoms with Gasteiger partial charge in [-0.3, -0.25) is 9.59 Å². The molecule has 88 valence electrons. The van der Waals surface area contributed by atoms with Crippen LogP contribution < -0.4 is 9.47 Å². The third-order valence-electron chi connectivity index (χ3n) is 2.12. The summed E-state index contributed by atoms with van der Waals surface area (Å²) < 4.78 is 10.0. The lowest BCUT2D eigenvalue weighted by molar-refractivity contribution is -0.134. The number of fused-ring (bicyclic) bond motifs is 1. The molecule has 0 fully saturated rings. The summed E-state index contributed by atoms with van der Waals surface area (Å²) in [5.74, 6) is -0.565. The van der Waals surface area contributed by atoms with Crippen LogP contribution in [0.25, 0.3) is 10.9 Å². The Labute approximate surface area is 97.3 Å². The van der Waals surface area contributed by atoms with Crippen LogP contribution in [-0.4, -0.2) is 16.9 Å². The third-order valence-corrected chi connectivity index (χ3v) is 2.12. The van der Waals surface area contributed by atoms with Crippen molar-refractivity contribution in [2.45, 2.75) is 13.8 Å². The zero-order chi connectivity index (χ0) is 12.4. The second-order valence-corrected chi connectivity index (χ2v) is 3.52. The summed E-state index contributed by atoms with van der Waals surface area (Å²) in [4.78, 5) is 24.8. The molecule has 1 aromatic carbocycles. The molecular formula is C12H11NO4. The highest BCUT2D eigenvalue weighted by atomic mass is 16.6. The molecule has 0 amide bonds. The number of aromatic amines is 1. The molecule has 0 aliphatic carbocycles. The Morgan fingerprint density at radius 3 is 2.35 bits per heavy atom. The number of esters is 2. The van der Waals surface area contributed by atoms with Crippen molar-refractivity contribution in [3.63, 3.8) is 0 Å². The van der Waals surface area contributed by atoms with Gasteiger partial charge in [-0.15, -0.1) is 0 Å². The standard InChI is InChI=1S/C12H11NO4/c1-7(14)16-11-9-5-3-4-6-10(9)13-12(11)17-8(2)15/h3-6,13H,1-2H3. The molecule has 0 radical (unpaired) electrons. The first-order valence-corrected chi connectivity index (χ1v) is 5.05. The Morgan fingerprint density at radius 2 is 1.71 bits per heavy atom. The maximum atomic E-state index is 11.0. The van der Waals surface area contributed by atoms with Gasteiger partial charge in [0.2, 0.25) is 11.6 Å². The van der Waals surface area contributed by atoms with E-state index in [1.807, 2.05) is 6.07 Å². The maximum absolute atomic E-state index is 11.0. The first kappa shape index (κ1) is 11.2. The summed E-state index contributed by atoms with van der Waals surface area (Å²) in [6.45, 7) is 2.57. The average Bonchev–Trinajstić information content (AvgIpc) is 2.55. The molecule has 0 saturated heterocycles. The Morgan fingerprint density at radius 1 is 1.06 bits per heavy atom. The molecular weight excluding hydrogens is 222 g/mol. The molecule has 0 bridgehead atoms. The van der Waals surface area contributed by atoms with E-state index in [0.717, 1.165) is 5.52 Å². The summed E-state index contributed by atoms with van der Waals surface area (Å²) in [6.07, 6.45) is 0. The van der Waals surface area contributed by atoms with Gasteiger partial charge in [0.15, 0.2) is 0 Å². The lowest BCUT2D eigenvalue weighted by Crippen LogP contribution is -2.06. The number of H-pyrrole nitrogens is 1. The van der Waals surface area contributed by atoms with Gasteiger partial charge in [-0.1, -0.05) is 12.1 Å². The van der Waals surface area contributed by atoms with Gasteiger partial charge in [-0.05, 0) is 12.1 Å². The predicted octanol–water partition coefficient (Wildman–Crippen LogP) is 2.02. The smallest absolute Gasteiger partial charge is 0.309 e. The van der Waals surface area contributed by atoms with Crippen LogP contribution in [0, 0.1) is 0 Å². The van der Waals surface area contributed by atoms with E-state index in [1.165, 1.54) is 13.8 Å². The summed E-state index contributed by atoms with van der Waals surface area (Å²) in [5.41, 5.74) is 0.736. The minimum absolute atomic E-state index is 0.147. The molecule has 0 aliphatic heterocycles. The lowest BCUT2D eigenvalue weighted by atomic mass is 10.2. The van der Waals surface area contributed by atoms with Crippen molar-refractivity contribution in [3.05, 3.63) is 24.3 Å². The number of carbonyl (C=O) groups is 2. The quantitative estimate of drug-likeness (QED) is 0.805. The molecule has 5 heteroatoms. The predicted molar refractivity (Wildman–Crippen MR) is 60.9 cm³/mol. The van der Waals surface area contributed by atoms with Gasteiger partial charge in [-0.25, -0.2) is 0 Å². The molecule has 1 heterocycles. The third kappa shape index (κ3) is 2.28. The highest BCUT2D eigenvalue weighted by molar-refractivity contribution is 5.92. The van der Waals surface area contributed by atoms with Crippen molar-refractivity contribution >= 4 is 22.8 Å². The minimum atomic E-state index is -0.482. The van der Waals surface area contributed by atoms with Crippen LogP contribution in [0.3, 0.4) is 0 Å². The van der Waals surface area contributed by atoms with Crippen LogP contribution in [0.1, 0.15) is 13.8 Å². The van der Waals surface area contributed by atoms with E-state index in [9.17, 15) is 9.59 Å². The van der Waals surface area contributed by atoms with E-state index in [1.54, 1.807) is 18.2 Å². The Kier molecular flexibility index (Phi) is 2.82. The molecule has 1 N–H and O–H groups in total. The highest BCUT2D eigenvalue weighted by Crippen LogP contribution is 2.35. The normalized spacial score (nSPS) is 10.2. The summed E-state index contributed by atoms with van der Waals surface area (Å²) in [5, 5.41) is 0.693.